The third kappa shape index (κ3) is 4.66. The largest absolute Gasteiger partial charge is 0.394 e. The first-order valence-electron chi connectivity index (χ1n) is 5.48. The van der Waals surface area contributed by atoms with Gasteiger partial charge in [0.2, 0.25) is 5.91 Å². The summed E-state index contributed by atoms with van der Waals surface area (Å²) in [6.45, 7) is 1.28. The van der Waals surface area contributed by atoms with Crippen molar-refractivity contribution in [2.24, 2.45) is 0 Å². The topological polar surface area (TPSA) is 78.9 Å². The van der Waals surface area contributed by atoms with E-state index in [1.54, 1.807) is 0 Å². The van der Waals surface area contributed by atoms with Gasteiger partial charge in [-0.05, 0) is 6.92 Å². The first-order chi connectivity index (χ1) is 8.02. The number of carbonyl (C=O) groups is 2. The van der Waals surface area contributed by atoms with E-state index in [-0.39, 0.29) is 38.6 Å². The van der Waals surface area contributed by atoms with E-state index in [0.29, 0.717) is 0 Å². The number of imide groups is 1. The predicted molar refractivity (Wildman–Crippen MR) is 56.9 cm³/mol. The highest BCUT2D eigenvalue weighted by molar-refractivity contribution is 5.96. The number of halogens is 1. The Morgan fingerprint density at radius 1 is 1.59 bits per heavy atom. The average molecular weight is 248 g/mol. The molecule has 0 saturated carbocycles. The molecule has 0 radical (unpaired) electrons. The molecule has 1 fully saturated rings. The molecule has 0 spiro atoms. The lowest BCUT2D eigenvalue weighted by molar-refractivity contribution is -0.122. The molecule has 0 unspecified atom stereocenters. The van der Waals surface area contributed by atoms with Crippen LogP contribution in [-0.4, -0.2) is 54.1 Å². The number of ether oxygens (including phenoxy) is 1. The van der Waals surface area contributed by atoms with Gasteiger partial charge in [-0.1, -0.05) is 0 Å². The highest BCUT2D eigenvalue weighted by atomic mass is 19.1. The fourth-order valence-corrected chi connectivity index (χ4v) is 1.47. The molecule has 1 heterocycles. The highest BCUT2D eigenvalue weighted by Gasteiger charge is 2.24. The molecular formula is C10H17FN2O4. The van der Waals surface area contributed by atoms with Gasteiger partial charge in [-0.25, -0.2) is 9.18 Å². The molecule has 17 heavy (non-hydrogen) atoms. The van der Waals surface area contributed by atoms with Crippen LogP contribution in [-0.2, 0) is 9.53 Å². The maximum Gasteiger partial charge on any atom is 0.325 e. The van der Waals surface area contributed by atoms with E-state index in [0.717, 1.165) is 0 Å². The van der Waals surface area contributed by atoms with Crippen molar-refractivity contribution in [2.45, 2.75) is 32.0 Å². The molecule has 2 atom stereocenters. The summed E-state index contributed by atoms with van der Waals surface area (Å²) in [5, 5.41) is 11.1. The highest BCUT2D eigenvalue weighted by Crippen LogP contribution is 2.07. The van der Waals surface area contributed by atoms with Crippen LogP contribution in [0.3, 0.4) is 0 Å². The normalized spacial score (nSPS) is 20.1. The Kier molecular flexibility index (Phi) is 5.30. The minimum atomic E-state index is -1.08. The number of aliphatic hydroxyl groups excluding tert-OH is 1. The number of nitrogens with one attached hydrogen (secondary N) is 1. The van der Waals surface area contributed by atoms with Gasteiger partial charge in [-0.15, -0.1) is 0 Å². The summed E-state index contributed by atoms with van der Waals surface area (Å²) in [5.41, 5.74) is 0. The van der Waals surface area contributed by atoms with Gasteiger partial charge in [0.05, 0.1) is 18.9 Å². The molecule has 3 amide bonds. The Morgan fingerprint density at radius 3 is 2.82 bits per heavy atom. The van der Waals surface area contributed by atoms with Gasteiger partial charge in [0.1, 0.15) is 6.73 Å². The van der Waals surface area contributed by atoms with Gasteiger partial charge in [-0.2, -0.15) is 0 Å². The summed E-state index contributed by atoms with van der Waals surface area (Å²) in [5.74, 6) is -0.317. The number of hydrogen-bond acceptors (Lipinski definition) is 4. The Hall–Kier alpha value is -1.21. The van der Waals surface area contributed by atoms with Crippen LogP contribution in [0.2, 0.25) is 0 Å². The van der Waals surface area contributed by atoms with Crippen molar-refractivity contribution in [1.29, 1.82) is 0 Å². The first kappa shape index (κ1) is 13.9. The second-order valence-corrected chi connectivity index (χ2v) is 3.98. The maximum atomic E-state index is 12.7. The van der Waals surface area contributed by atoms with Crippen molar-refractivity contribution in [3.05, 3.63) is 0 Å². The Bertz CT molecular complexity index is 285. The summed E-state index contributed by atoms with van der Waals surface area (Å²) in [7, 11) is 0. The quantitative estimate of drug-likeness (QED) is 0.694. The van der Waals surface area contributed by atoms with Gasteiger partial charge in [0.15, 0.2) is 0 Å². The van der Waals surface area contributed by atoms with Crippen LogP contribution in [0.4, 0.5) is 9.18 Å². The van der Waals surface area contributed by atoms with Crippen LogP contribution in [0.15, 0.2) is 0 Å². The summed E-state index contributed by atoms with van der Waals surface area (Å²) >= 11 is 0. The second kappa shape index (κ2) is 6.51. The van der Waals surface area contributed by atoms with Crippen LogP contribution in [0.5, 0.6) is 0 Å². The van der Waals surface area contributed by atoms with Gasteiger partial charge < -0.3 is 14.7 Å². The van der Waals surface area contributed by atoms with Crippen LogP contribution in [0.1, 0.15) is 19.8 Å². The van der Waals surface area contributed by atoms with Crippen LogP contribution in [0.25, 0.3) is 0 Å². The van der Waals surface area contributed by atoms with Crippen molar-refractivity contribution in [1.82, 2.24) is 10.2 Å². The molecule has 1 rings (SSSR count). The Labute approximate surface area is 98.7 Å². The van der Waals surface area contributed by atoms with Gasteiger partial charge in [0.25, 0.3) is 0 Å². The molecule has 1 saturated heterocycles. The lowest BCUT2D eigenvalue weighted by Crippen LogP contribution is -2.50. The summed E-state index contributed by atoms with van der Waals surface area (Å²) in [4.78, 5) is 23.5. The summed E-state index contributed by atoms with van der Waals surface area (Å²) < 4.78 is 17.9. The lowest BCUT2D eigenvalue weighted by Gasteiger charge is -2.28. The Balaban J connectivity index is 2.33. The Morgan fingerprint density at radius 2 is 2.29 bits per heavy atom. The minimum absolute atomic E-state index is 0.0585. The van der Waals surface area contributed by atoms with Crippen molar-refractivity contribution >= 4 is 11.9 Å². The number of carbonyl (C=O) groups excluding carboxylic acids is 2. The zero-order chi connectivity index (χ0) is 12.8. The van der Waals surface area contributed by atoms with Gasteiger partial charge >= 0.3 is 6.03 Å². The van der Waals surface area contributed by atoms with Crippen LogP contribution < -0.4 is 5.32 Å². The smallest absolute Gasteiger partial charge is 0.325 e. The molecule has 0 bridgehead atoms. The summed E-state index contributed by atoms with van der Waals surface area (Å²) in [6, 6.07) is -0.522. The van der Waals surface area contributed by atoms with E-state index in [1.165, 1.54) is 11.8 Å². The summed E-state index contributed by atoms with van der Waals surface area (Å²) in [6.07, 6.45) is -1.42. The zero-order valence-corrected chi connectivity index (χ0v) is 9.69. The fourth-order valence-electron chi connectivity index (χ4n) is 1.47. The standard InChI is InChI=1S/C10H17FN2O4/c1-7(11)4-8(5-14)17-6-13-3-2-9(15)12-10(13)16/h7-8,14H,2-6H2,1H3,(H,12,15,16)/t7-,8-/m0/s1. The number of nitrogens with zero attached hydrogens (tertiary/aromatic N) is 1. The molecule has 1 aliphatic rings. The second-order valence-electron chi connectivity index (χ2n) is 3.98. The number of rotatable bonds is 6. The molecule has 0 aliphatic carbocycles. The van der Waals surface area contributed by atoms with E-state index in [9.17, 15) is 14.0 Å². The third-order valence-electron chi connectivity index (χ3n) is 2.40. The maximum absolute atomic E-state index is 12.7. The monoisotopic (exact) mass is 248 g/mol. The first-order valence-corrected chi connectivity index (χ1v) is 5.48. The number of amides is 3. The van der Waals surface area contributed by atoms with Crippen LogP contribution >= 0.6 is 0 Å². The molecule has 7 heteroatoms. The van der Waals surface area contributed by atoms with E-state index in [1.807, 2.05) is 0 Å². The minimum Gasteiger partial charge on any atom is -0.394 e. The molecule has 0 aromatic heterocycles. The van der Waals surface area contributed by atoms with Crippen molar-refractivity contribution < 1.29 is 23.8 Å². The number of alkyl halides is 1. The van der Waals surface area contributed by atoms with Crippen molar-refractivity contribution in [2.75, 3.05) is 19.9 Å². The fraction of sp³-hybridized carbons (Fsp3) is 0.800. The van der Waals surface area contributed by atoms with Gasteiger partial charge in [-0.3, -0.25) is 10.1 Å². The van der Waals surface area contributed by atoms with E-state index >= 15 is 0 Å². The predicted octanol–water partition coefficient (Wildman–Crippen LogP) is 0.0114. The third-order valence-corrected chi connectivity index (χ3v) is 2.40. The lowest BCUT2D eigenvalue weighted by atomic mass is 10.2. The molecule has 0 aromatic rings. The van der Waals surface area contributed by atoms with Crippen molar-refractivity contribution in [3.8, 4) is 0 Å². The molecular weight excluding hydrogens is 231 g/mol. The molecule has 1 aliphatic heterocycles. The molecule has 98 valence electrons. The number of hydrogen-bond donors (Lipinski definition) is 2. The van der Waals surface area contributed by atoms with Crippen molar-refractivity contribution in [3.63, 3.8) is 0 Å². The molecule has 0 aromatic carbocycles. The number of aliphatic hydroxyl groups is 1. The van der Waals surface area contributed by atoms with E-state index < -0.39 is 18.3 Å². The molecule has 6 nitrogen and oxygen atoms in total. The van der Waals surface area contributed by atoms with E-state index in [2.05, 4.69) is 5.32 Å². The van der Waals surface area contributed by atoms with Crippen LogP contribution in [0, 0.1) is 0 Å². The zero-order valence-electron chi connectivity index (χ0n) is 9.69. The van der Waals surface area contributed by atoms with E-state index in [4.69, 9.17) is 9.84 Å². The average Bonchev–Trinajstić information content (AvgIpc) is 2.25. The van der Waals surface area contributed by atoms with Gasteiger partial charge in [0, 0.05) is 19.4 Å². The number of urea groups is 1. The SMILES string of the molecule is C[C@H](F)C[C@@H](CO)OCN1CCC(=O)NC1=O. The molecule has 2 N–H and O–H groups in total.